The Hall–Kier alpha value is -1.64. The molecule has 0 aromatic carbocycles. The van der Waals surface area contributed by atoms with E-state index in [2.05, 4.69) is 28.2 Å². The van der Waals surface area contributed by atoms with Crippen LogP contribution in [-0.4, -0.2) is 15.2 Å². The highest BCUT2D eigenvalue weighted by Gasteiger charge is 1.99. The van der Waals surface area contributed by atoms with Crippen LogP contribution in [0, 0.1) is 0 Å². The van der Waals surface area contributed by atoms with E-state index in [-0.39, 0.29) is 0 Å². The first-order valence-corrected chi connectivity index (χ1v) is 4.34. The first kappa shape index (κ1) is 7.98. The van der Waals surface area contributed by atoms with Gasteiger partial charge in [-0.1, -0.05) is 6.92 Å². The van der Waals surface area contributed by atoms with Crippen molar-refractivity contribution in [2.75, 3.05) is 0 Å². The van der Waals surface area contributed by atoms with Crippen LogP contribution < -0.4 is 0 Å². The van der Waals surface area contributed by atoms with Crippen molar-refractivity contribution in [2.24, 2.45) is 0 Å². The summed E-state index contributed by atoms with van der Waals surface area (Å²) < 4.78 is 0. The van der Waals surface area contributed by atoms with Gasteiger partial charge in [-0.3, -0.25) is 10.1 Å². The highest BCUT2D eigenvalue weighted by molar-refractivity contribution is 5.61. The van der Waals surface area contributed by atoms with E-state index in [9.17, 15) is 0 Å². The maximum atomic E-state index is 4.24. The summed E-state index contributed by atoms with van der Waals surface area (Å²) in [7, 11) is 0. The molecule has 0 unspecified atom stereocenters. The number of rotatable bonds is 2. The third-order valence-electron chi connectivity index (χ3n) is 2.01. The molecule has 13 heavy (non-hydrogen) atoms. The summed E-state index contributed by atoms with van der Waals surface area (Å²) in [5, 5.41) is 6.70. The number of aromatic nitrogens is 3. The van der Waals surface area contributed by atoms with Crippen molar-refractivity contribution in [3.8, 4) is 11.1 Å². The van der Waals surface area contributed by atoms with Gasteiger partial charge in [-0.25, -0.2) is 0 Å². The van der Waals surface area contributed by atoms with Crippen LogP contribution in [0.1, 0.15) is 12.6 Å². The van der Waals surface area contributed by atoms with Crippen LogP contribution >= 0.6 is 0 Å². The average Bonchev–Trinajstić information content (AvgIpc) is 2.71. The molecular weight excluding hydrogens is 162 g/mol. The Balaban J connectivity index is 2.41. The van der Waals surface area contributed by atoms with Crippen LogP contribution in [-0.2, 0) is 6.42 Å². The predicted molar refractivity (Wildman–Crippen MR) is 51.2 cm³/mol. The van der Waals surface area contributed by atoms with Crippen LogP contribution in [0.3, 0.4) is 0 Å². The molecule has 2 rings (SSSR count). The fraction of sp³-hybridized carbons (Fsp3) is 0.200. The van der Waals surface area contributed by atoms with Crippen LogP contribution in [0.5, 0.6) is 0 Å². The summed E-state index contributed by atoms with van der Waals surface area (Å²) >= 11 is 0. The van der Waals surface area contributed by atoms with Crippen LogP contribution in [0.4, 0.5) is 0 Å². The van der Waals surface area contributed by atoms with Crippen molar-refractivity contribution in [1.82, 2.24) is 15.2 Å². The fourth-order valence-electron chi connectivity index (χ4n) is 1.26. The highest BCUT2D eigenvalue weighted by atomic mass is 15.1. The molecule has 1 N–H and O–H groups in total. The van der Waals surface area contributed by atoms with Gasteiger partial charge in [0.25, 0.3) is 0 Å². The van der Waals surface area contributed by atoms with E-state index < -0.39 is 0 Å². The molecular formula is C10H11N3. The third kappa shape index (κ3) is 1.59. The van der Waals surface area contributed by atoms with Gasteiger partial charge in [0.2, 0.25) is 0 Å². The molecule has 0 bridgehead atoms. The first-order valence-electron chi connectivity index (χ1n) is 4.34. The molecule has 0 fully saturated rings. The maximum absolute atomic E-state index is 4.24. The summed E-state index contributed by atoms with van der Waals surface area (Å²) in [6.07, 6.45) is 6.50. The Kier molecular flexibility index (Phi) is 2.08. The van der Waals surface area contributed by atoms with E-state index in [1.807, 2.05) is 24.7 Å². The summed E-state index contributed by atoms with van der Waals surface area (Å²) in [5.41, 5.74) is 3.39. The quantitative estimate of drug-likeness (QED) is 0.755. The smallest absolute Gasteiger partial charge is 0.0565 e. The monoisotopic (exact) mass is 173 g/mol. The van der Waals surface area contributed by atoms with Crippen molar-refractivity contribution in [3.05, 3.63) is 36.4 Å². The van der Waals surface area contributed by atoms with Gasteiger partial charge in [0.1, 0.15) is 0 Å². The second-order valence-electron chi connectivity index (χ2n) is 2.88. The zero-order valence-electron chi connectivity index (χ0n) is 7.49. The van der Waals surface area contributed by atoms with Gasteiger partial charge in [0.15, 0.2) is 0 Å². The lowest BCUT2D eigenvalue weighted by Crippen LogP contribution is -1.86. The maximum Gasteiger partial charge on any atom is 0.0565 e. The van der Waals surface area contributed by atoms with Crippen molar-refractivity contribution >= 4 is 0 Å². The molecule has 0 amide bonds. The molecule has 3 nitrogen and oxygen atoms in total. The van der Waals surface area contributed by atoms with Gasteiger partial charge >= 0.3 is 0 Å². The number of nitrogens with zero attached hydrogens (tertiary/aromatic N) is 2. The molecule has 0 aliphatic heterocycles. The Labute approximate surface area is 76.8 Å². The number of pyridine rings is 1. The van der Waals surface area contributed by atoms with Crippen molar-refractivity contribution < 1.29 is 0 Å². The van der Waals surface area contributed by atoms with E-state index in [4.69, 9.17) is 0 Å². The Morgan fingerprint density at radius 3 is 3.00 bits per heavy atom. The summed E-state index contributed by atoms with van der Waals surface area (Å²) in [5.74, 6) is 0. The lowest BCUT2D eigenvalue weighted by Gasteiger charge is -1.98. The molecule has 0 atom stereocenters. The van der Waals surface area contributed by atoms with Crippen LogP contribution in [0.25, 0.3) is 11.1 Å². The number of H-pyrrole nitrogens is 1. The molecule has 0 saturated carbocycles. The van der Waals surface area contributed by atoms with Crippen molar-refractivity contribution in [3.63, 3.8) is 0 Å². The van der Waals surface area contributed by atoms with Crippen molar-refractivity contribution in [1.29, 1.82) is 0 Å². The van der Waals surface area contributed by atoms with E-state index in [1.165, 1.54) is 5.56 Å². The molecule has 2 heterocycles. The van der Waals surface area contributed by atoms with Gasteiger partial charge in [-0.05, 0) is 24.1 Å². The molecule has 2 aromatic heterocycles. The number of aromatic amines is 1. The average molecular weight is 173 g/mol. The SMILES string of the molecule is CCc1cc(-c2cn[nH]c2)ccn1. The van der Waals surface area contributed by atoms with E-state index in [0.717, 1.165) is 17.7 Å². The summed E-state index contributed by atoms with van der Waals surface area (Å²) in [6, 6.07) is 4.08. The molecule has 0 aliphatic carbocycles. The van der Waals surface area contributed by atoms with Crippen molar-refractivity contribution in [2.45, 2.75) is 13.3 Å². The second-order valence-corrected chi connectivity index (χ2v) is 2.88. The van der Waals surface area contributed by atoms with Crippen LogP contribution in [0.2, 0.25) is 0 Å². The third-order valence-corrected chi connectivity index (χ3v) is 2.01. The topological polar surface area (TPSA) is 41.6 Å². The first-order chi connectivity index (χ1) is 6.40. The van der Waals surface area contributed by atoms with E-state index in [0.29, 0.717) is 0 Å². The summed E-state index contributed by atoms with van der Waals surface area (Å²) in [4.78, 5) is 4.24. The second kappa shape index (κ2) is 3.39. The summed E-state index contributed by atoms with van der Waals surface area (Å²) in [6.45, 7) is 2.10. The van der Waals surface area contributed by atoms with E-state index >= 15 is 0 Å². The predicted octanol–water partition coefficient (Wildman–Crippen LogP) is 2.03. The minimum absolute atomic E-state index is 0.964. The van der Waals surface area contributed by atoms with Crippen LogP contribution in [0.15, 0.2) is 30.7 Å². The van der Waals surface area contributed by atoms with Gasteiger partial charge in [0.05, 0.1) is 6.20 Å². The fourth-order valence-corrected chi connectivity index (χ4v) is 1.26. The molecule has 3 heteroatoms. The number of hydrogen-bond acceptors (Lipinski definition) is 2. The number of nitrogens with one attached hydrogen (secondary N) is 1. The Morgan fingerprint density at radius 1 is 1.38 bits per heavy atom. The molecule has 0 radical (unpaired) electrons. The molecule has 0 spiro atoms. The Bertz CT molecular complexity index is 379. The van der Waals surface area contributed by atoms with Gasteiger partial charge in [0, 0.05) is 23.7 Å². The lowest BCUT2D eigenvalue weighted by molar-refractivity contribution is 1.04. The van der Waals surface area contributed by atoms with Gasteiger partial charge in [-0.15, -0.1) is 0 Å². The van der Waals surface area contributed by atoms with Gasteiger partial charge < -0.3 is 0 Å². The normalized spacial score (nSPS) is 10.2. The molecule has 2 aromatic rings. The zero-order valence-corrected chi connectivity index (χ0v) is 7.49. The minimum Gasteiger partial charge on any atom is -0.285 e. The minimum atomic E-state index is 0.964. The molecule has 66 valence electrons. The molecule has 0 saturated heterocycles. The largest absolute Gasteiger partial charge is 0.285 e. The highest BCUT2D eigenvalue weighted by Crippen LogP contribution is 2.17. The standard InChI is InChI=1S/C10H11N3/c1-2-10-5-8(3-4-11-10)9-6-12-13-7-9/h3-7H,2H2,1H3,(H,12,13). The molecule has 0 aliphatic rings. The number of hydrogen-bond donors (Lipinski definition) is 1. The van der Waals surface area contributed by atoms with E-state index in [1.54, 1.807) is 0 Å². The lowest BCUT2D eigenvalue weighted by atomic mass is 10.1. The Morgan fingerprint density at radius 2 is 2.31 bits per heavy atom. The number of aryl methyl sites for hydroxylation is 1. The van der Waals surface area contributed by atoms with Gasteiger partial charge in [-0.2, -0.15) is 5.10 Å². The zero-order chi connectivity index (χ0) is 9.10.